The van der Waals surface area contributed by atoms with Gasteiger partial charge < -0.3 is 4.90 Å². The largest absolute Gasteiger partial charge is 0.373 e. The molecule has 1 N–H and O–H groups in total. The van der Waals surface area contributed by atoms with Gasteiger partial charge in [0.15, 0.2) is 10.8 Å². The van der Waals surface area contributed by atoms with Crippen LogP contribution < -0.4 is 4.72 Å². The Bertz CT molecular complexity index is 1840. The molecule has 0 saturated carbocycles. The third kappa shape index (κ3) is 6.82. The minimum Gasteiger partial charge on any atom is -0.326 e. The van der Waals surface area contributed by atoms with Crippen molar-refractivity contribution in [2.45, 2.75) is 30.8 Å². The smallest absolute Gasteiger partial charge is 0.326 e. The minimum atomic E-state index is -3.73. The van der Waals surface area contributed by atoms with Crippen molar-refractivity contribution < 1.29 is 31.2 Å². The van der Waals surface area contributed by atoms with Crippen molar-refractivity contribution in [2.24, 2.45) is 4.99 Å². The van der Waals surface area contributed by atoms with Crippen molar-refractivity contribution in [3.8, 4) is 0 Å². The molecule has 2 aliphatic heterocycles. The van der Waals surface area contributed by atoms with Crippen molar-refractivity contribution in [1.82, 2.24) is 24.4 Å². The van der Waals surface area contributed by atoms with E-state index in [0.717, 1.165) is 12.3 Å². The van der Waals surface area contributed by atoms with Gasteiger partial charge in [0.2, 0.25) is 10.0 Å². The molecular weight excluding hydrogens is 641 g/mol. The summed E-state index contributed by atoms with van der Waals surface area (Å²) in [7, 11) is -3.73. The summed E-state index contributed by atoms with van der Waals surface area (Å²) in [4.78, 5) is 27.5. The van der Waals surface area contributed by atoms with Crippen LogP contribution in [0.15, 0.2) is 83.1 Å². The van der Waals surface area contributed by atoms with Crippen LogP contribution in [-0.4, -0.2) is 52.7 Å². The highest BCUT2D eigenvalue weighted by Gasteiger charge is 2.42. The fraction of sp³-hybridized carbons (Fsp3) is 0.214. The van der Waals surface area contributed by atoms with Crippen LogP contribution >= 0.6 is 22.9 Å². The van der Waals surface area contributed by atoms with Gasteiger partial charge in [0.1, 0.15) is 11.9 Å². The maximum Gasteiger partial charge on any atom is 0.373 e. The van der Waals surface area contributed by atoms with E-state index in [1.807, 2.05) is 11.0 Å². The molecular formula is C28H22ClF3N6O4S2. The maximum absolute atomic E-state index is 14.0. The molecule has 228 valence electrons. The molecule has 2 aromatic heterocycles. The topological polar surface area (TPSA) is 127 Å². The van der Waals surface area contributed by atoms with Gasteiger partial charge in [-0.15, -0.1) is 11.3 Å². The molecule has 0 radical (unpaired) electrons. The number of hydrogen-bond acceptors (Lipinski definition) is 9. The molecule has 0 amide bonds. The van der Waals surface area contributed by atoms with Crippen molar-refractivity contribution in [3.05, 3.63) is 111 Å². The molecule has 1 fully saturated rings. The number of benzene rings is 2. The summed E-state index contributed by atoms with van der Waals surface area (Å²) in [5.41, 5.74) is 2.43. The SMILES string of the molecule is O=C=O.O=S(=O)(Cc1ccccc1)N[C@H]1CC2=C(c3ccn(C(F)F)n3)[C@H](c3ccc(F)cc3Cl)N=C(c3nccs3)N2C1. The molecule has 6 rings (SSSR count). The monoisotopic (exact) mass is 662 g/mol. The number of nitrogens with zero attached hydrogens (tertiary/aromatic N) is 5. The number of hydrogen-bond donors (Lipinski definition) is 1. The Morgan fingerprint density at radius 1 is 1.14 bits per heavy atom. The molecule has 44 heavy (non-hydrogen) atoms. The summed E-state index contributed by atoms with van der Waals surface area (Å²) >= 11 is 7.83. The number of aliphatic imine (C=N–C) groups is 1. The zero-order valence-corrected chi connectivity index (χ0v) is 24.9. The molecule has 0 bridgehead atoms. The first-order chi connectivity index (χ1) is 21.1. The third-order valence-corrected chi connectivity index (χ3v) is 9.27. The molecule has 2 aliphatic rings. The molecule has 0 unspecified atom stereocenters. The van der Waals surface area contributed by atoms with Gasteiger partial charge >= 0.3 is 12.7 Å². The van der Waals surface area contributed by atoms with Crippen LogP contribution in [0.4, 0.5) is 13.2 Å². The highest BCUT2D eigenvalue weighted by atomic mass is 35.5. The first-order valence-corrected chi connectivity index (χ1v) is 15.8. The normalized spacial score (nSPS) is 18.0. The number of amidine groups is 1. The quantitative estimate of drug-likeness (QED) is 0.280. The van der Waals surface area contributed by atoms with Crippen molar-refractivity contribution >= 4 is 50.5 Å². The molecule has 16 heteroatoms. The molecule has 0 aliphatic carbocycles. The van der Waals surface area contributed by atoms with E-state index in [1.165, 1.54) is 29.5 Å². The third-order valence-electron chi connectivity index (χ3n) is 6.77. The number of alkyl halides is 2. The Morgan fingerprint density at radius 2 is 1.89 bits per heavy atom. The minimum absolute atomic E-state index is 0.107. The van der Waals surface area contributed by atoms with E-state index < -0.39 is 34.5 Å². The summed E-state index contributed by atoms with van der Waals surface area (Å²) in [5, 5.41) is 6.58. The number of carbonyl (C=O) groups excluding carboxylic acids is 2. The van der Waals surface area contributed by atoms with Crippen LogP contribution in [-0.2, 0) is 25.4 Å². The molecule has 4 aromatic rings. The van der Waals surface area contributed by atoms with Gasteiger partial charge in [0.25, 0.3) is 0 Å². The summed E-state index contributed by atoms with van der Waals surface area (Å²) < 4.78 is 70.6. The first kappa shape index (κ1) is 31.3. The number of aromatic nitrogens is 3. The lowest BCUT2D eigenvalue weighted by molar-refractivity contribution is -0.191. The number of nitrogens with one attached hydrogen (secondary N) is 1. The Hall–Kier alpha value is -4.14. The second kappa shape index (κ2) is 13.2. The molecule has 1 saturated heterocycles. The van der Waals surface area contributed by atoms with Crippen molar-refractivity contribution in [2.75, 3.05) is 6.54 Å². The van der Waals surface area contributed by atoms with Gasteiger partial charge in [-0.1, -0.05) is 48.0 Å². The van der Waals surface area contributed by atoms with Gasteiger partial charge in [-0.3, -0.25) is 4.99 Å². The number of thiazole rings is 1. The zero-order chi connectivity index (χ0) is 31.4. The predicted octanol–water partition coefficient (Wildman–Crippen LogP) is 5.05. The lowest BCUT2D eigenvalue weighted by atomic mass is 9.92. The zero-order valence-electron chi connectivity index (χ0n) is 22.5. The fourth-order valence-corrected chi connectivity index (χ4v) is 7.41. The Kier molecular flexibility index (Phi) is 9.42. The summed E-state index contributed by atoms with van der Waals surface area (Å²) in [6.07, 6.45) is 3.27. The summed E-state index contributed by atoms with van der Waals surface area (Å²) in [6.45, 7) is -2.64. The number of fused-ring (bicyclic) bond motifs is 1. The van der Waals surface area contributed by atoms with Crippen LogP contribution in [0.3, 0.4) is 0 Å². The highest BCUT2D eigenvalue weighted by molar-refractivity contribution is 7.88. The molecule has 2 aromatic carbocycles. The second-order valence-corrected chi connectivity index (χ2v) is 12.7. The van der Waals surface area contributed by atoms with E-state index >= 15 is 0 Å². The van der Waals surface area contributed by atoms with Gasteiger partial charge in [-0.05, 0) is 23.8 Å². The molecule has 10 nitrogen and oxygen atoms in total. The van der Waals surface area contributed by atoms with E-state index in [4.69, 9.17) is 26.2 Å². The lowest BCUT2D eigenvalue weighted by Crippen LogP contribution is -2.39. The molecule has 4 heterocycles. The average molecular weight is 663 g/mol. The molecule has 2 atom stereocenters. The van der Waals surface area contributed by atoms with E-state index in [9.17, 15) is 21.6 Å². The van der Waals surface area contributed by atoms with Gasteiger partial charge in [0, 0.05) is 58.6 Å². The standard InChI is InChI=1S/C27H22ClF3N6O2S2.CO2/c28-20-12-17(29)6-7-19(20)24-23(21-8-10-37(34-21)27(30)31)22-13-18(14-36(22)25(33-24)26-32-9-11-40-26)35-41(38,39)15-16-4-2-1-3-5-16;2-1-3/h1-12,18,24,27,35H,13-15H2;/t18-,24-;/m0./s1. The Labute approximate surface area is 258 Å². The van der Waals surface area contributed by atoms with Gasteiger partial charge in [0.05, 0.1) is 11.4 Å². The van der Waals surface area contributed by atoms with E-state index in [-0.39, 0.29) is 35.6 Å². The number of halogens is 4. The fourth-order valence-electron chi connectivity index (χ4n) is 5.12. The van der Waals surface area contributed by atoms with Crippen LogP contribution in [0.25, 0.3) is 5.57 Å². The van der Waals surface area contributed by atoms with Crippen LogP contribution in [0.2, 0.25) is 5.02 Å². The summed E-state index contributed by atoms with van der Waals surface area (Å²) in [5.74, 6) is -0.261. The van der Waals surface area contributed by atoms with Crippen LogP contribution in [0.1, 0.15) is 40.8 Å². The van der Waals surface area contributed by atoms with Crippen LogP contribution in [0, 0.1) is 5.82 Å². The first-order valence-electron chi connectivity index (χ1n) is 12.9. The number of sulfonamides is 1. The van der Waals surface area contributed by atoms with E-state index in [0.29, 0.717) is 37.9 Å². The summed E-state index contributed by atoms with van der Waals surface area (Å²) in [6, 6.07) is 12.8. The van der Waals surface area contributed by atoms with E-state index in [2.05, 4.69) is 14.8 Å². The van der Waals surface area contributed by atoms with Crippen molar-refractivity contribution in [3.63, 3.8) is 0 Å². The second-order valence-electron chi connectivity index (χ2n) is 9.63. The highest BCUT2D eigenvalue weighted by Crippen LogP contribution is 2.46. The van der Waals surface area contributed by atoms with Gasteiger partial charge in [-0.2, -0.15) is 23.5 Å². The maximum atomic E-state index is 14.0. The lowest BCUT2D eigenvalue weighted by Gasteiger charge is -2.32. The predicted molar refractivity (Wildman–Crippen MR) is 156 cm³/mol. The van der Waals surface area contributed by atoms with Crippen LogP contribution in [0.5, 0.6) is 0 Å². The average Bonchev–Trinajstić information content (AvgIpc) is 3.74. The van der Waals surface area contributed by atoms with Gasteiger partial charge in [-0.25, -0.2) is 27.2 Å². The number of rotatable bonds is 8. The van der Waals surface area contributed by atoms with E-state index in [1.54, 1.807) is 35.8 Å². The Balaban J connectivity index is 0.00000123. The van der Waals surface area contributed by atoms with Crippen molar-refractivity contribution in [1.29, 1.82) is 0 Å². The molecule has 0 spiro atoms. The Morgan fingerprint density at radius 3 is 2.52 bits per heavy atom.